The Kier molecular flexibility index (Phi) is 11.7. The van der Waals surface area contributed by atoms with Gasteiger partial charge in [0.1, 0.15) is 17.7 Å². The Bertz CT molecular complexity index is 988. The van der Waals surface area contributed by atoms with Crippen molar-refractivity contribution >= 4 is 17.9 Å². The molecule has 0 saturated heterocycles. The van der Waals surface area contributed by atoms with Gasteiger partial charge in [-0.2, -0.15) is 0 Å². The molecule has 0 aliphatic heterocycles. The number of ether oxygens (including phenoxy) is 1. The molecule has 0 heterocycles. The molecule has 38 heavy (non-hydrogen) atoms. The Morgan fingerprint density at radius 3 is 2.26 bits per heavy atom. The van der Waals surface area contributed by atoms with Gasteiger partial charge in [0, 0.05) is 17.6 Å². The fourth-order valence-electron chi connectivity index (χ4n) is 4.89. The monoisotopic (exact) mass is 525 g/mol. The van der Waals surface area contributed by atoms with E-state index in [1.165, 1.54) is 6.42 Å². The molecule has 1 aliphatic rings. The van der Waals surface area contributed by atoms with Gasteiger partial charge in [0.15, 0.2) is 0 Å². The number of carbonyl (C=O) groups excluding carboxylic acids is 3. The molecule has 0 spiro atoms. The number of alkyl carbamates (subject to hydrolysis) is 1. The third-order valence-corrected chi connectivity index (χ3v) is 7.36. The molecule has 1 aromatic carbocycles. The molecule has 2 rings (SSSR count). The molecule has 2 N–H and O–H groups in total. The van der Waals surface area contributed by atoms with E-state index in [0.717, 1.165) is 25.7 Å². The maximum absolute atomic E-state index is 14.4. The van der Waals surface area contributed by atoms with Crippen molar-refractivity contribution in [2.24, 2.45) is 5.92 Å². The highest BCUT2D eigenvalue weighted by Crippen LogP contribution is 2.30. The van der Waals surface area contributed by atoms with Gasteiger partial charge in [0.2, 0.25) is 11.8 Å². The van der Waals surface area contributed by atoms with Crippen LogP contribution in [0.3, 0.4) is 0 Å². The number of nitrogens with one attached hydrogen (secondary N) is 2. The highest BCUT2D eigenvalue weighted by Gasteiger charge is 2.41. The predicted octanol–water partition coefficient (Wildman–Crippen LogP) is 5.72. The molecule has 0 bridgehead atoms. The van der Waals surface area contributed by atoms with Crippen LogP contribution in [0.4, 0.5) is 4.79 Å². The minimum absolute atomic E-state index is 0.0656. The van der Waals surface area contributed by atoms with Gasteiger partial charge in [-0.1, -0.05) is 70.6 Å². The Balaban J connectivity index is 2.57. The Morgan fingerprint density at radius 2 is 1.71 bits per heavy atom. The summed E-state index contributed by atoms with van der Waals surface area (Å²) in [4.78, 5) is 42.8. The first-order valence-electron chi connectivity index (χ1n) is 14.1. The molecule has 1 aromatic rings. The van der Waals surface area contributed by atoms with E-state index in [-0.39, 0.29) is 29.8 Å². The highest BCUT2D eigenvalue weighted by atomic mass is 16.6. The smallest absolute Gasteiger partial charge is 0.408 e. The number of rotatable bonds is 10. The second-order valence-corrected chi connectivity index (χ2v) is 11.5. The SMILES string of the molecule is C#Cc1ccccc1C(C(=O)NC1CCCCC1)N(C(=O)C(NC(=O)OC(C)(C)C)C(C)CC)C(C)CC. The Labute approximate surface area is 229 Å². The molecular formula is C31H47N3O4. The molecule has 7 nitrogen and oxygen atoms in total. The normalized spacial score (nSPS) is 17.3. The van der Waals surface area contributed by atoms with Gasteiger partial charge < -0.3 is 20.3 Å². The van der Waals surface area contributed by atoms with Crippen molar-refractivity contribution in [1.82, 2.24) is 15.5 Å². The van der Waals surface area contributed by atoms with Crippen molar-refractivity contribution in [2.45, 2.75) is 123 Å². The van der Waals surface area contributed by atoms with Crippen molar-refractivity contribution in [3.63, 3.8) is 0 Å². The number of hydrogen-bond acceptors (Lipinski definition) is 4. The lowest BCUT2D eigenvalue weighted by Crippen LogP contribution is -2.58. The Morgan fingerprint density at radius 1 is 1.08 bits per heavy atom. The average Bonchev–Trinajstić information content (AvgIpc) is 2.88. The zero-order chi connectivity index (χ0) is 28.5. The van der Waals surface area contributed by atoms with E-state index in [4.69, 9.17) is 11.2 Å². The van der Waals surface area contributed by atoms with Gasteiger partial charge in [-0.25, -0.2) is 4.79 Å². The quantitative estimate of drug-likeness (QED) is 0.382. The van der Waals surface area contributed by atoms with Gasteiger partial charge in [0.25, 0.3) is 0 Å². The molecule has 7 heteroatoms. The topological polar surface area (TPSA) is 87.7 Å². The first kappa shape index (κ1) is 31.2. The van der Waals surface area contributed by atoms with Crippen LogP contribution >= 0.6 is 0 Å². The van der Waals surface area contributed by atoms with Crippen molar-refractivity contribution < 1.29 is 19.1 Å². The van der Waals surface area contributed by atoms with E-state index in [0.29, 0.717) is 24.0 Å². The van der Waals surface area contributed by atoms with Crippen LogP contribution in [0, 0.1) is 18.3 Å². The van der Waals surface area contributed by atoms with Crippen LogP contribution < -0.4 is 10.6 Å². The molecule has 0 aromatic heterocycles. The van der Waals surface area contributed by atoms with Crippen LogP contribution in [0.1, 0.15) is 111 Å². The summed E-state index contributed by atoms with van der Waals surface area (Å²) in [7, 11) is 0. The molecule has 1 saturated carbocycles. The minimum Gasteiger partial charge on any atom is -0.444 e. The lowest BCUT2D eigenvalue weighted by atomic mass is 9.91. The zero-order valence-electron chi connectivity index (χ0n) is 24.3. The van der Waals surface area contributed by atoms with Crippen LogP contribution in [0.2, 0.25) is 0 Å². The molecule has 1 fully saturated rings. The summed E-state index contributed by atoms with van der Waals surface area (Å²) < 4.78 is 5.48. The third kappa shape index (κ3) is 8.51. The number of nitrogens with zero attached hydrogens (tertiary/aromatic N) is 1. The summed E-state index contributed by atoms with van der Waals surface area (Å²) in [6.45, 7) is 13.1. The second-order valence-electron chi connectivity index (χ2n) is 11.5. The van der Waals surface area contributed by atoms with E-state index < -0.39 is 23.8 Å². The average molecular weight is 526 g/mol. The van der Waals surface area contributed by atoms with E-state index in [1.54, 1.807) is 31.7 Å². The molecule has 3 amide bonds. The number of hydrogen-bond donors (Lipinski definition) is 2. The first-order valence-corrected chi connectivity index (χ1v) is 14.1. The molecule has 210 valence electrons. The summed E-state index contributed by atoms with van der Waals surface area (Å²) in [5.74, 6) is 1.94. The minimum atomic E-state index is -0.932. The number of amides is 3. The second kappa shape index (κ2) is 14.2. The van der Waals surface area contributed by atoms with E-state index in [2.05, 4.69) is 16.6 Å². The van der Waals surface area contributed by atoms with Gasteiger partial charge in [-0.05, 0) is 64.5 Å². The van der Waals surface area contributed by atoms with E-state index in [9.17, 15) is 14.4 Å². The van der Waals surface area contributed by atoms with Crippen molar-refractivity contribution in [1.29, 1.82) is 0 Å². The summed E-state index contributed by atoms with van der Waals surface area (Å²) in [6, 6.07) is 5.25. The summed E-state index contributed by atoms with van der Waals surface area (Å²) in [5, 5.41) is 6.04. The van der Waals surface area contributed by atoms with Crippen molar-refractivity contribution in [3.05, 3.63) is 35.4 Å². The summed E-state index contributed by atoms with van der Waals surface area (Å²) >= 11 is 0. The van der Waals surface area contributed by atoms with Gasteiger partial charge in [0.05, 0.1) is 0 Å². The largest absolute Gasteiger partial charge is 0.444 e. The number of carbonyl (C=O) groups is 3. The first-order chi connectivity index (χ1) is 17.9. The van der Waals surface area contributed by atoms with Crippen molar-refractivity contribution in [2.75, 3.05) is 0 Å². The third-order valence-electron chi connectivity index (χ3n) is 7.36. The fraction of sp³-hybridized carbons (Fsp3) is 0.645. The Hall–Kier alpha value is -3.01. The van der Waals surface area contributed by atoms with Crippen LogP contribution in [0.15, 0.2) is 24.3 Å². The van der Waals surface area contributed by atoms with Crippen LogP contribution in [0.25, 0.3) is 0 Å². The van der Waals surface area contributed by atoms with Gasteiger partial charge >= 0.3 is 6.09 Å². The number of benzene rings is 1. The lowest BCUT2D eigenvalue weighted by molar-refractivity contribution is -0.146. The summed E-state index contributed by atoms with van der Waals surface area (Å²) in [6.07, 6.45) is 11.6. The molecular weight excluding hydrogens is 478 g/mol. The maximum atomic E-state index is 14.4. The maximum Gasteiger partial charge on any atom is 0.408 e. The fourth-order valence-corrected chi connectivity index (χ4v) is 4.89. The molecule has 0 radical (unpaired) electrons. The van der Waals surface area contributed by atoms with E-state index >= 15 is 0 Å². The number of terminal acetylenes is 1. The highest BCUT2D eigenvalue weighted by molar-refractivity contribution is 5.93. The van der Waals surface area contributed by atoms with Crippen molar-refractivity contribution in [3.8, 4) is 12.3 Å². The molecule has 4 unspecified atom stereocenters. The van der Waals surface area contributed by atoms with Crippen LogP contribution in [-0.4, -0.2) is 46.5 Å². The van der Waals surface area contributed by atoms with E-state index in [1.807, 2.05) is 45.9 Å². The van der Waals surface area contributed by atoms with Gasteiger partial charge in [-0.15, -0.1) is 6.42 Å². The molecule has 1 aliphatic carbocycles. The lowest BCUT2D eigenvalue weighted by Gasteiger charge is -2.40. The predicted molar refractivity (Wildman–Crippen MR) is 151 cm³/mol. The molecule has 4 atom stereocenters. The standard InChI is InChI=1S/C31H47N3O4/c1-9-21(4)26(33-30(37)38-31(6,7)8)29(36)34(22(5)10-2)27(25-20-16-15-17-23(25)11-3)28(35)32-24-18-13-12-14-19-24/h3,15-17,20-22,24,26-27H,9-10,12-14,18-19H2,1-2,4-8H3,(H,32,35)(H,33,37). The summed E-state index contributed by atoms with van der Waals surface area (Å²) in [5.41, 5.74) is 0.465. The zero-order valence-corrected chi connectivity index (χ0v) is 24.3. The van der Waals surface area contributed by atoms with Gasteiger partial charge in [-0.3, -0.25) is 9.59 Å². The van der Waals surface area contributed by atoms with Crippen LogP contribution in [0.5, 0.6) is 0 Å². The van der Waals surface area contributed by atoms with Crippen LogP contribution in [-0.2, 0) is 14.3 Å².